The van der Waals surface area contributed by atoms with Gasteiger partial charge >= 0.3 is 5.97 Å². The van der Waals surface area contributed by atoms with Crippen LogP contribution in [-0.4, -0.2) is 147 Å². The Labute approximate surface area is 481 Å². The summed E-state index contributed by atoms with van der Waals surface area (Å²) < 4.78 is 0. The number of aliphatic carboxylic acids is 1. The molecule has 0 radical (unpaired) electrons. The number of carboxylic acid groups (broad SMARTS) is 1. The fourth-order valence-corrected chi connectivity index (χ4v) is 9.39. The topological polar surface area (TPSA) is 364 Å². The van der Waals surface area contributed by atoms with Gasteiger partial charge in [0, 0.05) is 61.9 Å². The number of rotatable bonds is 18. The number of aromatic nitrogens is 1. The molecular weight excluding hydrogens is 1070 g/mol. The molecule has 9 atom stereocenters. The lowest BCUT2D eigenvalue weighted by atomic mass is 9.99. The highest BCUT2D eigenvalue weighted by molar-refractivity contribution is 5.98. The van der Waals surface area contributed by atoms with E-state index in [9.17, 15) is 53.7 Å². The summed E-state index contributed by atoms with van der Waals surface area (Å²) in [5, 5.41) is 55.8. The molecular formula is C60H77N11O12. The molecule has 0 bridgehead atoms. The van der Waals surface area contributed by atoms with E-state index in [1.165, 1.54) is 6.92 Å². The van der Waals surface area contributed by atoms with Gasteiger partial charge in [0.1, 0.15) is 42.3 Å². The van der Waals surface area contributed by atoms with Crippen molar-refractivity contribution >= 4 is 64.1 Å². The van der Waals surface area contributed by atoms with Crippen LogP contribution in [0, 0.1) is 0 Å². The maximum atomic E-state index is 15.0. The van der Waals surface area contributed by atoms with Crippen LogP contribution < -0.4 is 53.6 Å². The van der Waals surface area contributed by atoms with Crippen LogP contribution in [0.15, 0.2) is 115 Å². The number of amides is 8. The van der Waals surface area contributed by atoms with Crippen molar-refractivity contribution in [3.8, 4) is 0 Å². The number of aliphatic hydroxyl groups is 2. The molecule has 83 heavy (non-hydrogen) atoms. The van der Waals surface area contributed by atoms with Gasteiger partial charge in [-0.3, -0.25) is 38.4 Å². The van der Waals surface area contributed by atoms with Crippen molar-refractivity contribution in [2.45, 2.75) is 146 Å². The number of fused-ring (bicyclic) bond motifs is 1. The SMILES string of the molecule is CC(C)NCc1ccc(C[C@@H]2NC(=O)[C@@H](Cc3c[nH]c4ccccc34)NC(=O)[C@@H](NC(=O)[C@@H](N)Cc3ccccc3)CCC(=O)NCCCC[C@@H](C(=O)N[C@@H](CO)C(=O)O)NC(=O)[C@H](Cc3ccccc3)NC(=O)[C@H]([C@@H](C)O)NC2=O)cc1. The molecule has 0 unspecified atom stereocenters. The number of carboxylic acids is 1. The summed E-state index contributed by atoms with van der Waals surface area (Å²) in [5.41, 5.74) is 10.5. The third-order valence-electron chi connectivity index (χ3n) is 14.1. The van der Waals surface area contributed by atoms with Gasteiger partial charge in [-0.15, -0.1) is 0 Å². The molecule has 2 heterocycles. The first-order valence-electron chi connectivity index (χ1n) is 27.9. The molecule has 444 valence electrons. The largest absolute Gasteiger partial charge is 0.480 e. The van der Waals surface area contributed by atoms with Crippen molar-refractivity contribution in [2.24, 2.45) is 5.73 Å². The van der Waals surface area contributed by atoms with Crippen molar-refractivity contribution in [2.75, 3.05) is 13.2 Å². The second-order valence-corrected chi connectivity index (χ2v) is 21.1. The van der Waals surface area contributed by atoms with Crippen molar-refractivity contribution in [3.63, 3.8) is 0 Å². The van der Waals surface area contributed by atoms with Gasteiger partial charge in [0.25, 0.3) is 0 Å². The fourth-order valence-electron chi connectivity index (χ4n) is 9.39. The average Bonchev–Trinajstić information content (AvgIpc) is 4.18. The Kier molecular flexibility index (Phi) is 24.3. The van der Waals surface area contributed by atoms with E-state index in [-0.39, 0.29) is 70.4 Å². The monoisotopic (exact) mass is 1140 g/mol. The van der Waals surface area contributed by atoms with Crippen molar-refractivity contribution in [1.29, 1.82) is 0 Å². The number of hydrogen-bond acceptors (Lipinski definition) is 13. The van der Waals surface area contributed by atoms with Gasteiger partial charge in [0.2, 0.25) is 47.3 Å². The van der Waals surface area contributed by atoms with Crippen LogP contribution in [0.2, 0.25) is 0 Å². The quantitative estimate of drug-likeness (QED) is 0.0558. The number of hydrogen-bond donors (Lipinski definition) is 14. The maximum absolute atomic E-state index is 15.0. The number of aromatic amines is 1. The number of carbonyl (C=O) groups excluding carboxylic acids is 8. The highest BCUT2D eigenvalue weighted by atomic mass is 16.4. The summed E-state index contributed by atoms with van der Waals surface area (Å²) in [4.78, 5) is 130. The molecule has 8 amide bonds. The Balaban J connectivity index is 1.39. The van der Waals surface area contributed by atoms with Gasteiger partial charge < -0.3 is 73.9 Å². The van der Waals surface area contributed by atoms with Gasteiger partial charge in [-0.2, -0.15) is 0 Å². The number of nitrogens with two attached hydrogens (primary N) is 1. The van der Waals surface area contributed by atoms with E-state index in [4.69, 9.17) is 5.73 Å². The number of H-pyrrole nitrogens is 1. The standard InChI is InChI=1S/C60H77N11O12/c1-35(2)63-32-40-23-21-39(22-24-40)30-48-58(80)71-52(36(3)73)59(81)69-47(29-38-16-8-5-9-17-38)56(78)66-45(54(76)70-50(34-72)60(82)83)20-12-13-27-62-51(74)26-25-46(65-53(75)43(61)28-37-14-6-4-7-15-37)55(77)68-49(57(79)67-48)31-41-33-64-44-19-11-10-18-42(41)44/h4-11,14-19,21-24,33,35-36,43,45-50,52,63-64,72-73H,12-13,20,25-32,34,61H2,1-3H3,(H,62,74)(H,65,75)(H,66,78)(H,67,79)(H,68,77)(H,69,81)(H,70,76)(H,71,80)(H,82,83)/t36-,43+,45+,46+,47+,48+,49-,50+,52+/m1/s1. The Morgan fingerprint density at radius 3 is 1.86 bits per heavy atom. The summed E-state index contributed by atoms with van der Waals surface area (Å²) in [6.07, 6.45) is -0.636. The lowest BCUT2D eigenvalue weighted by Gasteiger charge is -2.29. The normalized spacial score (nSPS) is 21.3. The Bertz CT molecular complexity index is 2990. The predicted molar refractivity (Wildman–Crippen MR) is 308 cm³/mol. The molecule has 1 fully saturated rings. The van der Waals surface area contributed by atoms with E-state index < -0.39 is 114 Å². The van der Waals surface area contributed by atoms with Crippen LogP contribution in [0.25, 0.3) is 10.9 Å². The highest BCUT2D eigenvalue weighted by Crippen LogP contribution is 2.20. The second kappa shape index (κ2) is 31.6. The van der Waals surface area contributed by atoms with Crippen LogP contribution in [0.4, 0.5) is 0 Å². The van der Waals surface area contributed by atoms with E-state index in [2.05, 4.69) is 52.8 Å². The zero-order valence-electron chi connectivity index (χ0n) is 46.8. The van der Waals surface area contributed by atoms with Crippen LogP contribution >= 0.6 is 0 Å². The summed E-state index contributed by atoms with van der Waals surface area (Å²) in [5.74, 6) is -8.36. The number of carbonyl (C=O) groups is 9. The first kappa shape index (κ1) is 63.7. The summed E-state index contributed by atoms with van der Waals surface area (Å²) in [7, 11) is 0. The van der Waals surface area contributed by atoms with E-state index in [1.54, 1.807) is 79.0 Å². The minimum atomic E-state index is -1.77. The molecule has 0 aliphatic carbocycles. The van der Waals surface area contributed by atoms with Crippen LogP contribution in [0.3, 0.4) is 0 Å². The molecule has 1 saturated heterocycles. The lowest BCUT2D eigenvalue weighted by Crippen LogP contribution is -2.62. The number of para-hydroxylation sites is 1. The number of benzene rings is 4. The molecule has 23 heteroatoms. The fraction of sp³-hybridized carbons (Fsp3) is 0.417. The van der Waals surface area contributed by atoms with E-state index in [0.717, 1.165) is 22.0 Å². The third kappa shape index (κ3) is 19.9. The first-order valence-corrected chi connectivity index (χ1v) is 27.9. The zero-order valence-corrected chi connectivity index (χ0v) is 46.8. The number of aliphatic hydroxyl groups excluding tert-OH is 2. The van der Waals surface area contributed by atoms with Gasteiger partial charge in [0.15, 0.2) is 0 Å². The average molecular weight is 1140 g/mol. The molecule has 6 rings (SSSR count). The minimum absolute atomic E-state index is 0.0351. The molecule has 4 aromatic carbocycles. The molecule has 1 aliphatic heterocycles. The molecule has 0 spiro atoms. The van der Waals surface area contributed by atoms with E-state index >= 15 is 4.79 Å². The first-order chi connectivity index (χ1) is 39.8. The van der Waals surface area contributed by atoms with Gasteiger partial charge in [-0.25, -0.2) is 4.79 Å². The summed E-state index contributed by atoms with van der Waals surface area (Å²) >= 11 is 0. The van der Waals surface area contributed by atoms with E-state index in [1.807, 2.05) is 50.2 Å². The Morgan fingerprint density at radius 2 is 1.22 bits per heavy atom. The predicted octanol–water partition coefficient (Wildman–Crippen LogP) is 0.195. The van der Waals surface area contributed by atoms with Crippen molar-refractivity contribution < 1.29 is 58.5 Å². The maximum Gasteiger partial charge on any atom is 0.328 e. The molecule has 5 aromatic rings. The zero-order chi connectivity index (χ0) is 60.0. The van der Waals surface area contributed by atoms with Gasteiger partial charge in [-0.1, -0.05) is 117 Å². The molecule has 0 saturated carbocycles. The molecule has 15 N–H and O–H groups in total. The Morgan fingerprint density at radius 1 is 0.651 bits per heavy atom. The van der Waals surface area contributed by atoms with E-state index in [0.29, 0.717) is 23.2 Å². The second-order valence-electron chi connectivity index (χ2n) is 21.1. The minimum Gasteiger partial charge on any atom is -0.480 e. The number of nitrogens with one attached hydrogen (secondary N) is 10. The van der Waals surface area contributed by atoms with Crippen molar-refractivity contribution in [1.82, 2.24) is 52.8 Å². The molecule has 1 aromatic heterocycles. The highest BCUT2D eigenvalue weighted by Gasteiger charge is 2.36. The van der Waals surface area contributed by atoms with Crippen molar-refractivity contribution in [3.05, 3.63) is 143 Å². The lowest BCUT2D eigenvalue weighted by molar-refractivity contribution is -0.143. The Hall–Kier alpha value is -8.51. The third-order valence-corrected chi connectivity index (χ3v) is 14.1. The summed E-state index contributed by atoms with van der Waals surface area (Å²) in [6.45, 7) is 4.85. The smallest absolute Gasteiger partial charge is 0.328 e. The van der Waals surface area contributed by atoms with Gasteiger partial charge in [0.05, 0.1) is 18.8 Å². The van der Waals surface area contributed by atoms with Crippen LogP contribution in [0.1, 0.15) is 80.7 Å². The van der Waals surface area contributed by atoms with Crippen LogP contribution in [0.5, 0.6) is 0 Å². The molecule has 23 nitrogen and oxygen atoms in total. The van der Waals surface area contributed by atoms with Crippen LogP contribution in [-0.2, 0) is 75.4 Å². The molecule has 1 aliphatic rings. The van der Waals surface area contributed by atoms with Gasteiger partial charge in [-0.05, 0) is 72.9 Å². The summed E-state index contributed by atoms with van der Waals surface area (Å²) in [6, 6.07) is 20.2.